The second-order valence-electron chi connectivity index (χ2n) is 4.10. The van der Waals surface area contributed by atoms with Gasteiger partial charge in [-0.2, -0.15) is 5.26 Å². The molecule has 2 nitrogen and oxygen atoms in total. The van der Waals surface area contributed by atoms with Crippen LogP contribution in [0.5, 0.6) is 0 Å². The summed E-state index contributed by atoms with van der Waals surface area (Å²) in [5.74, 6) is -0.306. The minimum Gasteiger partial charge on any atom is -0.389 e. The average Bonchev–Trinajstić information content (AvgIpc) is 2.38. The first kappa shape index (κ1) is 13.6. The van der Waals surface area contributed by atoms with Crippen molar-refractivity contribution in [3.63, 3.8) is 0 Å². The predicted molar refractivity (Wildman–Crippen MR) is 72.3 cm³/mol. The standard InChI is InChI=1S/C15H12FNOS/c1-10(18)14-6-5-11(9-17)7-15(14)19-13-4-2-3-12(16)8-13/h2-8,10,18H,1H3/t10-/m0/s1. The van der Waals surface area contributed by atoms with Crippen LogP contribution in [-0.4, -0.2) is 5.11 Å². The molecule has 0 heterocycles. The number of nitrogens with zero attached hydrogens (tertiary/aromatic N) is 1. The lowest BCUT2D eigenvalue weighted by Gasteiger charge is -2.12. The highest BCUT2D eigenvalue weighted by atomic mass is 32.2. The van der Waals surface area contributed by atoms with Crippen LogP contribution in [0.15, 0.2) is 52.3 Å². The van der Waals surface area contributed by atoms with Gasteiger partial charge in [0, 0.05) is 9.79 Å². The van der Waals surface area contributed by atoms with Crippen molar-refractivity contribution in [3.8, 4) is 6.07 Å². The van der Waals surface area contributed by atoms with E-state index < -0.39 is 6.10 Å². The van der Waals surface area contributed by atoms with Crippen LogP contribution in [-0.2, 0) is 0 Å². The number of hydrogen-bond acceptors (Lipinski definition) is 3. The topological polar surface area (TPSA) is 44.0 Å². The zero-order chi connectivity index (χ0) is 13.8. The monoisotopic (exact) mass is 273 g/mol. The number of aliphatic hydroxyl groups is 1. The third-order valence-electron chi connectivity index (χ3n) is 2.62. The molecule has 0 saturated carbocycles. The molecule has 0 aliphatic rings. The molecular weight excluding hydrogens is 261 g/mol. The molecule has 0 aliphatic carbocycles. The Hall–Kier alpha value is -1.83. The second kappa shape index (κ2) is 5.87. The molecule has 1 N–H and O–H groups in total. The molecule has 96 valence electrons. The summed E-state index contributed by atoms with van der Waals surface area (Å²) in [6.07, 6.45) is -0.635. The van der Waals surface area contributed by atoms with E-state index in [1.54, 1.807) is 37.3 Å². The highest BCUT2D eigenvalue weighted by Gasteiger charge is 2.10. The first-order chi connectivity index (χ1) is 9.10. The minimum atomic E-state index is -0.635. The molecule has 0 bridgehead atoms. The van der Waals surface area contributed by atoms with Crippen LogP contribution in [0, 0.1) is 17.1 Å². The SMILES string of the molecule is C[C@H](O)c1ccc(C#N)cc1Sc1cccc(F)c1. The molecule has 0 aliphatic heterocycles. The zero-order valence-electron chi connectivity index (χ0n) is 10.3. The van der Waals surface area contributed by atoms with Gasteiger partial charge in [0.05, 0.1) is 17.7 Å². The predicted octanol–water partition coefficient (Wildman–Crippen LogP) is 3.90. The molecule has 2 aromatic carbocycles. The van der Waals surface area contributed by atoms with Crippen LogP contribution >= 0.6 is 11.8 Å². The van der Waals surface area contributed by atoms with Gasteiger partial charge in [0.1, 0.15) is 5.82 Å². The highest BCUT2D eigenvalue weighted by molar-refractivity contribution is 7.99. The maximum absolute atomic E-state index is 13.2. The molecule has 0 amide bonds. The minimum absolute atomic E-state index is 0.306. The van der Waals surface area contributed by atoms with Crippen LogP contribution in [0.1, 0.15) is 24.2 Å². The largest absolute Gasteiger partial charge is 0.389 e. The van der Waals surface area contributed by atoms with Gasteiger partial charge in [-0.25, -0.2) is 4.39 Å². The third-order valence-corrected chi connectivity index (χ3v) is 3.68. The molecule has 0 radical (unpaired) electrons. The van der Waals surface area contributed by atoms with Gasteiger partial charge in [-0.3, -0.25) is 0 Å². The molecule has 1 atom stereocenters. The van der Waals surface area contributed by atoms with Gasteiger partial charge >= 0.3 is 0 Å². The van der Waals surface area contributed by atoms with Crippen LogP contribution in [0.25, 0.3) is 0 Å². The highest BCUT2D eigenvalue weighted by Crippen LogP contribution is 2.34. The summed E-state index contributed by atoms with van der Waals surface area (Å²) in [6.45, 7) is 1.66. The Kier molecular flexibility index (Phi) is 4.20. The van der Waals surface area contributed by atoms with Crippen LogP contribution in [0.2, 0.25) is 0 Å². The number of halogens is 1. The van der Waals surface area contributed by atoms with Crippen molar-refractivity contribution in [2.24, 2.45) is 0 Å². The number of hydrogen-bond donors (Lipinski definition) is 1. The van der Waals surface area contributed by atoms with Gasteiger partial charge in [-0.1, -0.05) is 23.9 Å². The molecule has 0 aromatic heterocycles. The maximum Gasteiger partial charge on any atom is 0.124 e. The first-order valence-corrected chi connectivity index (χ1v) is 6.57. The maximum atomic E-state index is 13.2. The van der Waals surface area contributed by atoms with E-state index in [4.69, 9.17) is 5.26 Å². The van der Waals surface area contributed by atoms with Crippen molar-refractivity contribution in [1.82, 2.24) is 0 Å². The molecule has 19 heavy (non-hydrogen) atoms. The van der Waals surface area contributed by atoms with E-state index in [0.29, 0.717) is 5.56 Å². The van der Waals surface area contributed by atoms with Crippen molar-refractivity contribution < 1.29 is 9.50 Å². The Balaban J connectivity index is 2.40. The van der Waals surface area contributed by atoms with E-state index in [1.165, 1.54) is 23.9 Å². The van der Waals surface area contributed by atoms with Crippen molar-refractivity contribution in [1.29, 1.82) is 5.26 Å². The quantitative estimate of drug-likeness (QED) is 0.922. The Morgan fingerprint density at radius 1 is 1.26 bits per heavy atom. The Labute approximate surface area is 115 Å². The van der Waals surface area contributed by atoms with Gasteiger partial charge < -0.3 is 5.11 Å². The summed E-state index contributed by atoms with van der Waals surface area (Å²) in [7, 11) is 0. The van der Waals surface area contributed by atoms with E-state index >= 15 is 0 Å². The van der Waals surface area contributed by atoms with Crippen molar-refractivity contribution >= 4 is 11.8 Å². The lowest BCUT2D eigenvalue weighted by Crippen LogP contribution is -1.94. The third kappa shape index (κ3) is 3.34. The van der Waals surface area contributed by atoms with Crippen LogP contribution < -0.4 is 0 Å². The molecule has 0 saturated heterocycles. The fourth-order valence-electron chi connectivity index (χ4n) is 1.69. The van der Waals surface area contributed by atoms with Gasteiger partial charge in [0.25, 0.3) is 0 Å². The fourth-order valence-corrected chi connectivity index (χ4v) is 2.81. The van der Waals surface area contributed by atoms with E-state index in [-0.39, 0.29) is 5.82 Å². The molecule has 2 aromatic rings. The lowest BCUT2D eigenvalue weighted by molar-refractivity contribution is 0.196. The molecule has 0 fully saturated rings. The van der Waals surface area contributed by atoms with Crippen molar-refractivity contribution in [3.05, 3.63) is 59.4 Å². The summed E-state index contributed by atoms with van der Waals surface area (Å²) < 4.78 is 13.2. The molecule has 0 unspecified atom stereocenters. The number of rotatable bonds is 3. The molecule has 0 spiro atoms. The second-order valence-corrected chi connectivity index (χ2v) is 5.22. The molecular formula is C15H12FNOS. The first-order valence-electron chi connectivity index (χ1n) is 5.75. The van der Waals surface area contributed by atoms with Gasteiger partial charge in [0.2, 0.25) is 0 Å². The number of aliphatic hydroxyl groups excluding tert-OH is 1. The van der Waals surface area contributed by atoms with Crippen molar-refractivity contribution in [2.75, 3.05) is 0 Å². The van der Waals surface area contributed by atoms with Gasteiger partial charge in [0.15, 0.2) is 0 Å². The molecule has 2 rings (SSSR count). The number of nitriles is 1. The van der Waals surface area contributed by atoms with Crippen LogP contribution in [0.3, 0.4) is 0 Å². The summed E-state index contributed by atoms with van der Waals surface area (Å²) in [6, 6.07) is 13.4. The Morgan fingerprint density at radius 3 is 2.68 bits per heavy atom. The smallest absolute Gasteiger partial charge is 0.124 e. The van der Waals surface area contributed by atoms with E-state index in [0.717, 1.165) is 15.4 Å². The van der Waals surface area contributed by atoms with Crippen molar-refractivity contribution in [2.45, 2.75) is 22.8 Å². The van der Waals surface area contributed by atoms with Crippen LogP contribution in [0.4, 0.5) is 4.39 Å². The Morgan fingerprint density at radius 2 is 2.05 bits per heavy atom. The van der Waals surface area contributed by atoms with Gasteiger partial charge in [-0.05, 0) is 42.8 Å². The van der Waals surface area contributed by atoms with E-state index in [1.807, 2.05) is 0 Å². The number of benzene rings is 2. The van der Waals surface area contributed by atoms with Gasteiger partial charge in [-0.15, -0.1) is 0 Å². The summed E-state index contributed by atoms with van der Waals surface area (Å²) in [4.78, 5) is 1.50. The summed E-state index contributed by atoms with van der Waals surface area (Å²) >= 11 is 1.34. The lowest BCUT2D eigenvalue weighted by atomic mass is 10.1. The Bertz CT molecular complexity index is 634. The van der Waals surface area contributed by atoms with E-state index in [9.17, 15) is 9.50 Å². The fraction of sp³-hybridized carbons (Fsp3) is 0.133. The summed E-state index contributed by atoms with van der Waals surface area (Å²) in [5.41, 5.74) is 1.25. The zero-order valence-corrected chi connectivity index (χ0v) is 11.1. The summed E-state index contributed by atoms with van der Waals surface area (Å²) in [5, 5.41) is 18.7. The average molecular weight is 273 g/mol. The van der Waals surface area contributed by atoms with E-state index in [2.05, 4.69) is 6.07 Å². The normalized spacial score (nSPS) is 11.9. The molecule has 4 heteroatoms.